The van der Waals surface area contributed by atoms with Crippen molar-refractivity contribution in [3.8, 4) is 0 Å². The highest BCUT2D eigenvalue weighted by Crippen LogP contribution is 2.23. The summed E-state index contributed by atoms with van der Waals surface area (Å²) in [6.45, 7) is 5.17. The van der Waals surface area contributed by atoms with Crippen molar-refractivity contribution in [2.75, 3.05) is 6.54 Å². The number of amides is 1. The third-order valence-corrected chi connectivity index (χ3v) is 4.77. The molecule has 1 amide bonds. The van der Waals surface area contributed by atoms with Gasteiger partial charge in [0.1, 0.15) is 0 Å². The minimum atomic E-state index is 0.0259. The monoisotopic (exact) mass is 302 g/mol. The van der Waals surface area contributed by atoms with E-state index in [1.165, 1.54) is 9.75 Å². The molecule has 112 valence electrons. The highest BCUT2D eigenvalue weighted by atomic mass is 32.1. The van der Waals surface area contributed by atoms with Gasteiger partial charge in [-0.1, -0.05) is 37.3 Å². The molecule has 0 radical (unpaired) electrons. The first-order valence-electron chi connectivity index (χ1n) is 7.31. The first-order valence-corrected chi connectivity index (χ1v) is 8.13. The Labute approximate surface area is 130 Å². The minimum Gasteiger partial charge on any atom is -0.351 e. The molecule has 1 atom stereocenters. The molecule has 0 aliphatic heterocycles. The molecule has 0 aliphatic carbocycles. The molecule has 3 nitrogen and oxygen atoms in total. The average molecular weight is 302 g/mol. The van der Waals surface area contributed by atoms with Gasteiger partial charge in [-0.2, -0.15) is 0 Å². The van der Waals surface area contributed by atoms with Crippen LogP contribution in [0.1, 0.15) is 35.2 Å². The van der Waals surface area contributed by atoms with Crippen molar-refractivity contribution < 1.29 is 4.79 Å². The molecule has 0 aliphatic rings. The zero-order valence-corrected chi connectivity index (χ0v) is 13.4. The van der Waals surface area contributed by atoms with E-state index in [0.29, 0.717) is 13.1 Å². The van der Waals surface area contributed by atoms with Gasteiger partial charge in [-0.05, 0) is 31.0 Å². The molecule has 1 aromatic carbocycles. The highest BCUT2D eigenvalue weighted by Gasteiger charge is 2.09. The maximum atomic E-state index is 11.8. The van der Waals surface area contributed by atoms with Crippen molar-refractivity contribution in [3.63, 3.8) is 0 Å². The number of carbonyl (C=O) groups excluding carboxylic acids is 1. The lowest BCUT2D eigenvalue weighted by atomic mass is 10.2. The average Bonchev–Trinajstić information content (AvgIpc) is 3.00. The lowest BCUT2D eigenvalue weighted by molar-refractivity contribution is -0.120. The van der Waals surface area contributed by atoms with E-state index in [0.717, 1.165) is 12.0 Å². The van der Waals surface area contributed by atoms with Crippen LogP contribution in [0.3, 0.4) is 0 Å². The molecule has 4 heteroatoms. The molecule has 1 heterocycles. The van der Waals surface area contributed by atoms with Crippen molar-refractivity contribution >= 4 is 17.2 Å². The molecule has 0 saturated heterocycles. The Morgan fingerprint density at radius 1 is 1.19 bits per heavy atom. The Morgan fingerprint density at radius 2 is 1.95 bits per heavy atom. The van der Waals surface area contributed by atoms with Crippen LogP contribution in [0, 0.1) is 0 Å². The molecule has 0 saturated carbocycles. The van der Waals surface area contributed by atoms with Gasteiger partial charge in [0.25, 0.3) is 0 Å². The largest absolute Gasteiger partial charge is 0.351 e. The Morgan fingerprint density at radius 3 is 2.62 bits per heavy atom. The second kappa shape index (κ2) is 7.96. The second-order valence-electron chi connectivity index (χ2n) is 5.02. The summed E-state index contributed by atoms with van der Waals surface area (Å²) in [7, 11) is 0. The van der Waals surface area contributed by atoms with Crippen LogP contribution in [0.4, 0.5) is 0 Å². The molecule has 0 bridgehead atoms. The molecule has 2 aromatic rings. The van der Waals surface area contributed by atoms with E-state index in [2.05, 4.69) is 36.6 Å². The van der Waals surface area contributed by atoms with E-state index in [9.17, 15) is 4.79 Å². The zero-order valence-electron chi connectivity index (χ0n) is 12.6. The van der Waals surface area contributed by atoms with Gasteiger partial charge in [-0.3, -0.25) is 4.79 Å². The summed E-state index contributed by atoms with van der Waals surface area (Å²) in [4.78, 5) is 14.5. The van der Waals surface area contributed by atoms with Crippen LogP contribution in [-0.2, 0) is 17.8 Å². The van der Waals surface area contributed by atoms with E-state index in [-0.39, 0.29) is 11.9 Å². The summed E-state index contributed by atoms with van der Waals surface area (Å²) in [5.41, 5.74) is 1.12. The van der Waals surface area contributed by atoms with Crippen LogP contribution >= 0.6 is 11.3 Å². The zero-order chi connectivity index (χ0) is 15.1. The Bertz CT molecular complexity index is 565. The fraction of sp³-hybridized carbons (Fsp3) is 0.353. The normalized spacial score (nSPS) is 12.1. The number of hydrogen-bond acceptors (Lipinski definition) is 3. The van der Waals surface area contributed by atoms with Crippen LogP contribution in [0.2, 0.25) is 0 Å². The van der Waals surface area contributed by atoms with E-state index < -0.39 is 0 Å². The fourth-order valence-electron chi connectivity index (χ4n) is 2.02. The number of thiophene rings is 1. The van der Waals surface area contributed by atoms with Gasteiger partial charge in [-0.25, -0.2) is 0 Å². The lowest BCUT2D eigenvalue weighted by Crippen LogP contribution is -2.34. The number of aryl methyl sites for hydroxylation is 1. The van der Waals surface area contributed by atoms with Crippen LogP contribution in [0.5, 0.6) is 0 Å². The predicted octanol–water partition coefficient (Wildman–Crippen LogP) is 3.28. The molecule has 0 spiro atoms. The first kappa shape index (κ1) is 15.7. The van der Waals surface area contributed by atoms with Crippen LogP contribution in [0.25, 0.3) is 0 Å². The molecule has 21 heavy (non-hydrogen) atoms. The van der Waals surface area contributed by atoms with Crippen molar-refractivity contribution in [2.24, 2.45) is 0 Å². The van der Waals surface area contributed by atoms with Crippen molar-refractivity contribution in [2.45, 2.75) is 32.9 Å². The molecule has 1 aromatic heterocycles. The third kappa shape index (κ3) is 4.99. The van der Waals surface area contributed by atoms with E-state index in [1.807, 2.05) is 41.7 Å². The molecule has 0 fully saturated rings. The van der Waals surface area contributed by atoms with Crippen molar-refractivity contribution in [1.29, 1.82) is 0 Å². The minimum absolute atomic E-state index is 0.0259. The van der Waals surface area contributed by atoms with Crippen LogP contribution < -0.4 is 10.6 Å². The second-order valence-corrected chi connectivity index (χ2v) is 6.22. The molecular formula is C17H22N2OS. The van der Waals surface area contributed by atoms with Crippen LogP contribution in [0.15, 0.2) is 42.5 Å². The fourth-order valence-corrected chi connectivity index (χ4v) is 3.00. The Hall–Kier alpha value is -1.65. The summed E-state index contributed by atoms with van der Waals surface area (Å²) in [5, 5.41) is 6.19. The lowest BCUT2D eigenvalue weighted by Gasteiger charge is -2.12. The van der Waals surface area contributed by atoms with Crippen LogP contribution in [-0.4, -0.2) is 12.5 Å². The van der Waals surface area contributed by atoms with Gasteiger partial charge in [-0.15, -0.1) is 11.3 Å². The number of carbonyl (C=O) groups is 1. The molecular weight excluding hydrogens is 280 g/mol. The van der Waals surface area contributed by atoms with Crippen molar-refractivity contribution in [1.82, 2.24) is 10.6 Å². The summed E-state index contributed by atoms with van der Waals surface area (Å²) >= 11 is 1.81. The van der Waals surface area contributed by atoms with E-state index in [1.54, 1.807) is 0 Å². The Kier molecular flexibility index (Phi) is 5.96. The maximum Gasteiger partial charge on any atom is 0.234 e. The number of hydrogen-bond donors (Lipinski definition) is 2. The quantitative estimate of drug-likeness (QED) is 0.824. The van der Waals surface area contributed by atoms with Gasteiger partial charge >= 0.3 is 0 Å². The highest BCUT2D eigenvalue weighted by molar-refractivity contribution is 7.12. The predicted molar refractivity (Wildman–Crippen MR) is 88.4 cm³/mol. The van der Waals surface area contributed by atoms with Crippen molar-refractivity contribution in [3.05, 3.63) is 57.8 Å². The van der Waals surface area contributed by atoms with E-state index in [4.69, 9.17) is 0 Å². The van der Waals surface area contributed by atoms with Gasteiger partial charge < -0.3 is 10.6 Å². The third-order valence-electron chi connectivity index (χ3n) is 3.36. The maximum absolute atomic E-state index is 11.8. The topological polar surface area (TPSA) is 41.1 Å². The summed E-state index contributed by atoms with van der Waals surface area (Å²) in [5.74, 6) is 0.0259. The van der Waals surface area contributed by atoms with Gasteiger partial charge in [0.05, 0.1) is 6.54 Å². The van der Waals surface area contributed by atoms with Gasteiger partial charge in [0, 0.05) is 22.3 Å². The summed E-state index contributed by atoms with van der Waals surface area (Å²) in [6.07, 6.45) is 1.06. The smallest absolute Gasteiger partial charge is 0.234 e. The summed E-state index contributed by atoms with van der Waals surface area (Å²) < 4.78 is 0. The first-order chi connectivity index (χ1) is 10.2. The van der Waals surface area contributed by atoms with Gasteiger partial charge in [0.2, 0.25) is 5.91 Å². The van der Waals surface area contributed by atoms with E-state index >= 15 is 0 Å². The Balaban J connectivity index is 1.73. The molecule has 2 N–H and O–H groups in total. The molecule has 1 unspecified atom stereocenters. The summed E-state index contributed by atoms with van der Waals surface area (Å²) in [6, 6.07) is 14.4. The SMILES string of the molecule is CCc1ccc(C(C)NCC(=O)NCc2ccccc2)s1. The van der Waals surface area contributed by atoms with Gasteiger partial charge in [0.15, 0.2) is 0 Å². The number of rotatable bonds is 7. The number of benzene rings is 1. The number of nitrogens with one attached hydrogen (secondary N) is 2. The standard InChI is InChI=1S/C17H22N2OS/c1-3-15-9-10-16(21-15)13(2)18-12-17(20)19-11-14-7-5-4-6-8-14/h4-10,13,18H,3,11-12H2,1-2H3,(H,19,20). The molecule has 2 rings (SSSR count).